The maximum absolute atomic E-state index is 13.5. The van der Waals surface area contributed by atoms with Gasteiger partial charge in [0.05, 0.1) is 49.3 Å². The quantitative estimate of drug-likeness (QED) is 0.0675. The summed E-state index contributed by atoms with van der Waals surface area (Å²) >= 11 is 0. The molecule has 0 spiro atoms. The molecule has 0 aliphatic carbocycles. The van der Waals surface area contributed by atoms with Gasteiger partial charge in [-0.25, -0.2) is 18.2 Å². The summed E-state index contributed by atoms with van der Waals surface area (Å²) in [6, 6.07) is 22.4. The van der Waals surface area contributed by atoms with Crippen LogP contribution in [0, 0.1) is 0 Å². The monoisotopic (exact) mass is 825 g/mol. The number of ether oxygens (including phenoxy) is 3. The van der Waals surface area contributed by atoms with E-state index in [1.165, 1.54) is 14.2 Å². The molecular weight excluding hydrogens is 775 g/mol. The largest absolute Gasteiger partial charge is 0.496 e. The Morgan fingerprint density at radius 1 is 0.881 bits per heavy atom. The molecule has 6 rings (SSSR count). The fourth-order valence-corrected chi connectivity index (χ4v) is 7.46. The van der Waals surface area contributed by atoms with Gasteiger partial charge in [0.2, 0.25) is 10.0 Å². The van der Waals surface area contributed by atoms with Crippen LogP contribution in [-0.4, -0.2) is 74.8 Å². The minimum atomic E-state index is -3.65. The Bertz CT molecular complexity index is 2460. The Balaban J connectivity index is 1.17. The third kappa shape index (κ3) is 10.5. The van der Waals surface area contributed by atoms with Crippen LogP contribution in [0.4, 0.5) is 33.4 Å². The van der Waals surface area contributed by atoms with Crippen LogP contribution in [0.5, 0.6) is 23.0 Å². The third-order valence-electron chi connectivity index (χ3n) is 9.86. The number of anilines is 5. The lowest BCUT2D eigenvalue weighted by Crippen LogP contribution is -2.52. The van der Waals surface area contributed by atoms with Crippen molar-refractivity contribution in [1.29, 1.82) is 0 Å². The van der Waals surface area contributed by atoms with Crippen molar-refractivity contribution in [3.8, 4) is 23.0 Å². The van der Waals surface area contributed by atoms with E-state index in [0.717, 1.165) is 30.0 Å². The lowest BCUT2D eigenvalue weighted by atomic mass is 9.86. The first-order valence-electron chi connectivity index (χ1n) is 19.2. The summed E-state index contributed by atoms with van der Waals surface area (Å²) in [6.07, 6.45) is 4.31. The van der Waals surface area contributed by atoms with Crippen molar-refractivity contribution >= 4 is 61.3 Å². The lowest BCUT2D eigenvalue weighted by molar-refractivity contribution is -0.0515. The zero-order valence-electron chi connectivity index (χ0n) is 34.2. The van der Waals surface area contributed by atoms with Crippen molar-refractivity contribution in [2.75, 3.05) is 47.7 Å². The second-order valence-corrected chi connectivity index (χ2v) is 17.1. The number of amides is 3. The Labute approximate surface area is 344 Å². The van der Waals surface area contributed by atoms with Crippen molar-refractivity contribution in [3.63, 3.8) is 0 Å². The van der Waals surface area contributed by atoms with E-state index >= 15 is 0 Å². The van der Waals surface area contributed by atoms with Crippen molar-refractivity contribution in [2.45, 2.75) is 64.8 Å². The SMILES string of the molecule is COc1cc(Nc2cc(Oc3ccc(NC(=O)Nc4cc(C(C)(C)C)cc(NS(C)(=O)=O)c4OC)c4ccccc34)ccn2)ccc1C(=O)NC(C)N1CCCCC1O. The number of aliphatic hydroxyl groups excluding tert-OH is 1. The van der Waals surface area contributed by atoms with E-state index in [1.807, 2.05) is 56.9 Å². The summed E-state index contributed by atoms with van der Waals surface area (Å²) in [5, 5.41) is 23.8. The molecule has 3 amide bonds. The maximum atomic E-state index is 13.5. The zero-order valence-corrected chi connectivity index (χ0v) is 35.0. The van der Waals surface area contributed by atoms with Crippen LogP contribution in [-0.2, 0) is 15.4 Å². The average molecular weight is 826 g/mol. The van der Waals surface area contributed by atoms with E-state index in [-0.39, 0.29) is 34.6 Å². The van der Waals surface area contributed by atoms with Gasteiger partial charge in [0.1, 0.15) is 29.3 Å². The Morgan fingerprint density at radius 2 is 1.61 bits per heavy atom. The number of rotatable bonds is 13. The topological polar surface area (TPSA) is 192 Å². The number of piperidine rings is 1. The van der Waals surface area contributed by atoms with Crippen LogP contribution in [0.3, 0.4) is 0 Å². The summed E-state index contributed by atoms with van der Waals surface area (Å²) in [5.41, 5.74) is 2.39. The molecule has 2 atom stereocenters. The highest BCUT2D eigenvalue weighted by atomic mass is 32.2. The highest BCUT2D eigenvalue weighted by Gasteiger charge is 2.27. The van der Waals surface area contributed by atoms with E-state index in [1.54, 1.807) is 60.8 Å². The number of sulfonamides is 1. The fraction of sp³-hybridized carbons (Fsp3) is 0.326. The Hall–Kier alpha value is -6.10. The first-order chi connectivity index (χ1) is 28.0. The lowest BCUT2D eigenvalue weighted by Gasteiger charge is -2.36. The van der Waals surface area contributed by atoms with Crippen LogP contribution < -0.4 is 40.2 Å². The second-order valence-electron chi connectivity index (χ2n) is 15.3. The summed E-state index contributed by atoms with van der Waals surface area (Å²) in [7, 11) is -0.749. The number of hydrogen-bond donors (Lipinski definition) is 6. The fourth-order valence-electron chi connectivity index (χ4n) is 6.91. The van der Waals surface area contributed by atoms with E-state index in [4.69, 9.17) is 14.2 Å². The van der Waals surface area contributed by atoms with Gasteiger partial charge in [0, 0.05) is 41.3 Å². The number of nitrogens with one attached hydrogen (secondary N) is 5. The molecule has 15 nitrogen and oxygen atoms in total. The minimum Gasteiger partial charge on any atom is -0.496 e. The molecule has 0 radical (unpaired) electrons. The van der Waals surface area contributed by atoms with Gasteiger partial charge < -0.3 is 40.6 Å². The van der Waals surface area contributed by atoms with Gasteiger partial charge in [-0.2, -0.15) is 0 Å². The van der Waals surface area contributed by atoms with Crippen molar-refractivity contribution in [2.24, 2.45) is 0 Å². The number of fused-ring (bicyclic) bond motifs is 1. The molecule has 5 aromatic rings. The second kappa shape index (κ2) is 17.8. The molecule has 0 saturated carbocycles. The molecule has 312 valence electrons. The number of carbonyl (C=O) groups is 2. The number of pyridine rings is 1. The number of nitrogens with zero attached hydrogens (tertiary/aromatic N) is 2. The highest BCUT2D eigenvalue weighted by Crippen LogP contribution is 2.40. The number of methoxy groups -OCH3 is 2. The molecule has 1 aliphatic heterocycles. The number of benzene rings is 4. The van der Waals surface area contributed by atoms with Crippen molar-refractivity contribution in [1.82, 2.24) is 15.2 Å². The maximum Gasteiger partial charge on any atom is 0.323 e. The van der Waals surface area contributed by atoms with Crippen LogP contribution in [0.25, 0.3) is 10.8 Å². The standard InChI is InChI=1S/C43H51N7O8S/c1-26(50-21-11-10-14-39(50)51)45-41(52)32-16-15-28(24-37(32)56-5)46-38-25-29(19-20-44-38)58-36-18-17-33(30-12-8-9-13-31(30)36)47-42(53)48-34-22-27(43(2,3)4)23-35(40(34)57-6)49-59(7,54)55/h8-9,12-13,15-20,22-26,39,49,51H,10-11,14,21H2,1-7H3,(H,44,46)(H,45,52)(H2,47,48,53). The van der Waals surface area contributed by atoms with Gasteiger partial charge in [-0.05, 0) is 79.6 Å². The van der Waals surface area contributed by atoms with Gasteiger partial charge in [0.15, 0.2) is 5.75 Å². The van der Waals surface area contributed by atoms with Gasteiger partial charge in [-0.3, -0.25) is 14.4 Å². The van der Waals surface area contributed by atoms with Gasteiger partial charge in [-0.1, -0.05) is 45.0 Å². The smallest absolute Gasteiger partial charge is 0.323 e. The van der Waals surface area contributed by atoms with E-state index in [0.29, 0.717) is 58.4 Å². The van der Waals surface area contributed by atoms with Crippen molar-refractivity contribution < 1.29 is 37.3 Å². The number of aromatic nitrogens is 1. The Kier molecular flexibility index (Phi) is 12.8. The minimum absolute atomic E-state index is 0.164. The first kappa shape index (κ1) is 42.5. The molecule has 1 fully saturated rings. The molecule has 1 aliphatic rings. The predicted molar refractivity (Wildman–Crippen MR) is 231 cm³/mol. The first-order valence-corrected chi connectivity index (χ1v) is 21.1. The normalized spacial score (nSPS) is 15.2. The van der Waals surface area contributed by atoms with Crippen LogP contribution in [0.15, 0.2) is 85.1 Å². The molecule has 1 aromatic heterocycles. The number of urea groups is 1. The summed E-state index contributed by atoms with van der Waals surface area (Å²) in [6.45, 7) is 8.50. The molecule has 0 bridgehead atoms. The van der Waals surface area contributed by atoms with Crippen LogP contribution in [0.1, 0.15) is 62.9 Å². The molecule has 1 saturated heterocycles. The average Bonchev–Trinajstić information content (AvgIpc) is 3.18. The third-order valence-corrected chi connectivity index (χ3v) is 10.5. The molecule has 6 N–H and O–H groups in total. The molecule has 4 aromatic carbocycles. The zero-order chi connectivity index (χ0) is 42.5. The summed E-state index contributed by atoms with van der Waals surface area (Å²) < 4.78 is 44.4. The number of carbonyl (C=O) groups excluding carboxylic acids is 2. The van der Waals surface area contributed by atoms with Gasteiger partial charge in [-0.15, -0.1) is 0 Å². The van der Waals surface area contributed by atoms with Gasteiger partial charge in [0.25, 0.3) is 5.91 Å². The van der Waals surface area contributed by atoms with E-state index in [2.05, 4.69) is 31.0 Å². The molecular formula is C43H51N7O8S. The molecule has 2 heterocycles. The van der Waals surface area contributed by atoms with Gasteiger partial charge >= 0.3 is 6.03 Å². The molecule has 16 heteroatoms. The van der Waals surface area contributed by atoms with E-state index < -0.39 is 22.3 Å². The predicted octanol–water partition coefficient (Wildman–Crippen LogP) is 7.98. The highest BCUT2D eigenvalue weighted by molar-refractivity contribution is 7.92. The van der Waals surface area contributed by atoms with Crippen LogP contribution >= 0.6 is 0 Å². The van der Waals surface area contributed by atoms with Crippen molar-refractivity contribution in [3.05, 3.63) is 96.2 Å². The Morgan fingerprint density at radius 3 is 2.31 bits per heavy atom. The summed E-state index contributed by atoms with van der Waals surface area (Å²) in [5.74, 6) is 1.72. The number of aliphatic hydroxyl groups is 1. The molecule has 2 unspecified atom stereocenters. The van der Waals surface area contributed by atoms with Crippen LogP contribution in [0.2, 0.25) is 0 Å². The summed E-state index contributed by atoms with van der Waals surface area (Å²) in [4.78, 5) is 33.1. The molecule has 59 heavy (non-hydrogen) atoms. The van der Waals surface area contributed by atoms with E-state index in [9.17, 15) is 23.1 Å². The number of likely N-dealkylation sites (tertiary alicyclic amines) is 1. The number of hydrogen-bond acceptors (Lipinski definition) is 11.